The first-order valence-electron chi connectivity index (χ1n) is 5.26. The molecule has 0 fully saturated rings. The highest BCUT2D eigenvalue weighted by atomic mass is 127. The summed E-state index contributed by atoms with van der Waals surface area (Å²) in [6.45, 7) is 4.05. The Morgan fingerprint density at radius 2 is 2.06 bits per heavy atom. The number of aryl methyl sites for hydroxylation is 2. The Morgan fingerprint density at radius 3 is 2.53 bits per heavy atom. The largest absolute Gasteiger partial charge is 0.297 e. The van der Waals surface area contributed by atoms with Crippen LogP contribution in [0.25, 0.3) is 0 Å². The summed E-state index contributed by atoms with van der Waals surface area (Å²) in [6.07, 6.45) is 0.857. The van der Waals surface area contributed by atoms with E-state index >= 15 is 0 Å². The van der Waals surface area contributed by atoms with Crippen molar-refractivity contribution in [1.29, 1.82) is 0 Å². The number of anilines is 1. The number of rotatable bonds is 4. The van der Waals surface area contributed by atoms with Gasteiger partial charge >= 0.3 is 0 Å². The van der Waals surface area contributed by atoms with Crippen molar-refractivity contribution >= 4 is 57.4 Å². The number of alkyl halides is 2. The molecule has 0 saturated carbocycles. The molecule has 5 heteroatoms. The highest BCUT2D eigenvalue weighted by Crippen LogP contribution is 2.29. The second kappa shape index (κ2) is 6.81. The van der Waals surface area contributed by atoms with Crippen LogP contribution in [0.2, 0.25) is 0 Å². The fourth-order valence-electron chi connectivity index (χ4n) is 1.78. The molecule has 1 aromatic rings. The van der Waals surface area contributed by atoms with Gasteiger partial charge in [-0.15, -0.1) is 23.2 Å². The van der Waals surface area contributed by atoms with Gasteiger partial charge in [-0.25, -0.2) is 0 Å². The zero-order valence-electron chi connectivity index (χ0n) is 9.77. The smallest absolute Gasteiger partial charge is 0.242 e. The van der Waals surface area contributed by atoms with Gasteiger partial charge in [0.1, 0.15) is 11.9 Å². The third-order valence-electron chi connectivity index (χ3n) is 2.53. The van der Waals surface area contributed by atoms with Crippen molar-refractivity contribution in [1.82, 2.24) is 0 Å². The third kappa shape index (κ3) is 3.48. The SMILES string of the molecule is CCc1cc(I)cc(C)c1N(CCl)C(=O)CCl. The lowest BCUT2D eigenvalue weighted by Gasteiger charge is -2.24. The number of hydrogen-bond donors (Lipinski definition) is 0. The van der Waals surface area contributed by atoms with E-state index in [0.29, 0.717) is 0 Å². The van der Waals surface area contributed by atoms with E-state index in [0.717, 1.165) is 26.8 Å². The minimum absolute atomic E-state index is 0.0543. The second-order valence-corrected chi connectivity index (χ2v) is 5.41. The number of hydrogen-bond acceptors (Lipinski definition) is 1. The minimum atomic E-state index is -0.166. The lowest BCUT2D eigenvalue weighted by atomic mass is 10.0. The monoisotopic (exact) mass is 385 g/mol. The molecule has 0 bridgehead atoms. The van der Waals surface area contributed by atoms with Gasteiger partial charge in [0, 0.05) is 3.57 Å². The number of amides is 1. The molecule has 1 rings (SSSR count). The van der Waals surface area contributed by atoms with Crippen LogP contribution in [0, 0.1) is 10.5 Å². The predicted octanol–water partition coefficient (Wildman–Crippen LogP) is 3.93. The molecule has 2 nitrogen and oxygen atoms in total. The maximum absolute atomic E-state index is 11.8. The zero-order valence-corrected chi connectivity index (χ0v) is 13.4. The summed E-state index contributed by atoms with van der Waals surface area (Å²) in [5.74, 6) is -0.220. The summed E-state index contributed by atoms with van der Waals surface area (Å²) in [4.78, 5) is 13.3. The van der Waals surface area contributed by atoms with Gasteiger partial charge in [-0.2, -0.15) is 0 Å². The molecule has 94 valence electrons. The normalized spacial score (nSPS) is 10.4. The molecular weight excluding hydrogens is 372 g/mol. The molecule has 0 aliphatic carbocycles. The second-order valence-electron chi connectivity index (χ2n) is 3.66. The summed E-state index contributed by atoms with van der Waals surface area (Å²) in [5, 5.41) is 0. The van der Waals surface area contributed by atoms with Crippen LogP contribution in [0.1, 0.15) is 18.1 Å². The molecule has 0 unspecified atom stereocenters. The van der Waals surface area contributed by atoms with E-state index in [1.54, 1.807) is 4.90 Å². The van der Waals surface area contributed by atoms with Crippen molar-refractivity contribution in [2.24, 2.45) is 0 Å². The van der Waals surface area contributed by atoms with Crippen molar-refractivity contribution in [3.8, 4) is 0 Å². The lowest BCUT2D eigenvalue weighted by Crippen LogP contribution is -2.32. The van der Waals surface area contributed by atoms with Crippen molar-refractivity contribution in [3.05, 3.63) is 26.8 Å². The molecule has 0 aliphatic heterocycles. The summed E-state index contributed by atoms with van der Waals surface area (Å²) in [7, 11) is 0. The average Bonchev–Trinajstić information content (AvgIpc) is 2.31. The first-order valence-corrected chi connectivity index (χ1v) is 7.41. The van der Waals surface area contributed by atoms with E-state index in [4.69, 9.17) is 23.2 Å². The van der Waals surface area contributed by atoms with Gasteiger partial charge in [-0.05, 0) is 59.2 Å². The van der Waals surface area contributed by atoms with Crippen LogP contribution in [-0.4, -0.2) is 17.8 Å². The van der Waals surface area contributed by atoms with Crippen LogP contribution in [0.4, 0.5) is 5.69 Å². The van der Waals surface area contributed by atoms with Crippen molar-refractivity contribution < 1.29 is 4.79 Å². The fraction of sp³-hybridized carbons (Fsp3) is 0.417. The molecule has 0 radical (unpaired) electrons. The Labute approximate surface area is 125 Å². The van der Waals surface area contributed by atoms with Gasteiger partial charge in [0.2, 0.25) is 5.91 Å². The molecule has 17 heavy (non-hydrogen) atoms. The summed E-state index contributed by atoms with van der Waals surface area (Å²) in [5.41, 5.74) is 3.06. The Morgan fingerprint density at radius 1 is 1.41 bits per heavy atom. The molecule has 0 spiro atoms. The Balaban J connectivity index is 3.31. The van der Waals surface area contributed by atoms with Crippen molar-refractivity contribution in [2.75, 3.05) is 16.8 Å². The molecule has 0 saturated heterocycles. The van der Waals surface area contributed by atoms with Gasteiger partial charge < -0.3 is 0 Å². The zero-order chi connectivity index (χ0) is 13.0. The van der Waals surface area contributed by atoms with Gasteiger partial charge in [-0.3, -0.25) is 9.69 Å². The number of benzene rings is 1. The van der Waals surface area contributed by atoms with Crippen LogP contribution >= 0.6 is 45.8 Å². The minimum Gasteiger partial charge on any atom is -0.297 e. The van der Waals surface area contributed by atoms with Crippen LogP contribution in [-0.2, 0) is 11.2 Å². The third-order valence-corrected chi connectivity index (χ3v) is 3.62. The Kier molecular flexibility index (Phi) is 6.03. The van der Waals surface area contributed by atoms with E-state index in [-0.39, 0.29) is 17.8 Å². The standard InChI is InChI=1S/C12H14Cl2INO/c1-3-9-5-10(15)4-8(2)12(9)16(7-14)11(17)6-13/h4-5H,3,6-7H2,1-2H3. The first kappa shape index (κ1) is 15.1. The Bertz CT molecular complexity index is 423. The van der Waals surface area contributed by atoms with Crippen LogP contribution < -0.4 is 4.90 Å². The number of carbonyl (C=O) groups excluding carboxylic acids is 1. The number of nitrogens with zero attached hydrogens (tertiary/aromatic N) is 1. The summed E-state index contributed by atoms with van der Waals surface area (Å²) < 4.78 is 1.16. The molecule has 0 aromatic heterocycles. The van der Waals surface area contributed by atoms with E-state index in [9.17, 15) is 4.79 Å². The van der Waals surface area contributed by atoms with Crippen molar-refractivity contribution in [2.45, 2.75) is 20.3 Å². The van der Waals surface area contributed by atoms with Crippen LogP contribution in [0.15, 0.2) is 12.1 Å². The summed E-state index contributed by atoms with van der Waals surface area (Å²) >= 11 is 13.7. The maximum atomic E-state index is 11.8. The molecule has 1 amide bonds. The van der Waals surface area contributed by atoms with Crippen LogP contribution in [0.3, 0.4) is 0 Å². The topological polar surface area (TPSA) is 20.3 Å². The molecule has 0 heterocycles. The first-order chi connectivity index (χ1) is 8.04. The van der Waals surface area contributed by atoms with Gasteiger partial charge in [-0.1, -0.05) is 6.92 Å². The van der Waals surface area contributed by atoms with Gasteiger partial charge in [0.05, 0.1) is 5.69 Å². The van der Waals surface area contributed by atoms with Gasteiger partial charge in [0.25, 0.3) is 0 Å². The van der Waals surface area contributed by atoms with E-state index in [1.165, 1.54) is 0 Å². The van der Waals surface area contributed by atoms with E-state index in [1.807, 2.05) is 13.0 Å². The molecule has 0 atom stereocenters. The Hall–Kier alpha value is -0.000000000000000111. The summed E-state index contributed by atoms with van der Waals surface area (Å²) in [6, 6.07) is 4.24. The van der Waals surface area contributed by atoms with E-state index in [2.05, 4.69) is 35.6 Å². The van der Waals surface area contributed by atoms with Gasteiger partial charge in [0.15, 0.2) is 0 Å². The molecule has 1 aromatic carbocycles. The molecular formula is C12H14Cl2INO. The quantitative estimate of drug-likeness (QED) is 0.437. The average molecular weight is 386 g/mol. The highest BCUT2D eigenvalue weighted by molar-refractivity contribution is 14.1. The molecule has 0 aliphatic rings. The predicted molar refractivity (Wildman–Crippen MR) is 82.2 cm³/mol. The number of halogens is 3. The van der Waals surface area contributed by atoms with Crippen molar-refractivity contribution in [3.63, 3.8) is 0 Å². The van der Waals surface area contributed by atoms with E-state index < -0.39 is 0 Å². The maximum Gasteiger partial charge on any atom is 0.242 e. The highest BCUT2D eigenvalue weighted by Gasteiger charge is 2.19. The van der Waals surface area contributed by atoms with Crippen LogP contribution in [0.5, 0.6) is 0 Å². The molecule has 0 N–H and O–H groups in total. The fourth-order valence-corrected chi connectivity index (χ4v) is 3.02. The lowest BCUT2D eigenvalue weighted by molar-refractivity contribution is -0.116. The number of carbonyl (C=O) groups is 1.